The highest BCUT2D eigenvalue weighted by Crippen LogP contribution is 2.30. The minimum absolute atomic E-state index is 0.390. The number of benzene rings is 1. The van der Waals surface area contributed by atoms with Crippen molar-refractivity contribution in [3.05, 3.63) is 30.1 Å². The van der Waals surface area contributed by atoms with Crippen molar-refractivity contribution in [1.82, 2.24) is 14.5 Å². The van der Waals surface area contributed by atoms with E-state index in [1.54, 1.807) is 14.2 Å². The quantitative estimate of drug-likeness (QED) is 0.120. The molecule has 0 amide bonds. The van der Waals surface area contributed by atoms with Gasteiger partial charge in [0.05, 0.1) is 109 Å². The van der Waals surface area contributed by atoms with Gasteiger partial charge in [-0.05, 0) is 26.8 Å². The van der Waals surface area contributed by atoms with Gasteiger partial charge in [0.1, 0.15) is 17.9 Å². The third kappa shape index (κ3) is 16.0. The van der Waals surface area contributed by atoms with E-state index in [1.165, 1.54) is 0 Å². The lowest BCUT2D eigenvalue weighted by Gasteiger charge is -2.27. The molecule has 2 aromatic heterocycles. The second kappa shape index (κ2) is 24.6. The lowest BCUT2D eigenvalue weighted by atomic mass is 10.1. The van der Waals surface area contributed by atoms with Gasteiger partial charge < -0.3 is 58.7 Å². The number of methoxy groups -OCH3 is 2. The first-order valence-corrected chi connectivity index (χ1v) is 16.2. The molecular weight excluding hydrogens is 610 g/mol. The maximum absolute atomic E-state index is 6.27. The monoisotopic (exact) mass is 667 g/mol. The smallest absolute Gasteiger partial charge is 0.152 e. The van der Waals surface area contributed by atoms with E-state index in [-0.39, 0.29) is 0 Å². The van der Waals surface area contributed by atoms with Crippen LogP contribution in [0.3, 0.4) is 0 Å². The van der Waals surface area contributed by atoms with Crippen LogP contribution in [0.2, 0.25) is 0 Å². The van der Waals surface area contributed by atoms with E-state index in [9.17, 15) is 0 Å². The topological polar surface area (TPSA) is 166 Å². The molecular formula is C33H57N5O9. The van der Waals surface area contributed by atoms with E-state index in [4.69, 9.17) is 59.1 Å². The normalized spacial score (nSPS) is 11.8. The van der Waals surface area contributed by atoms with Crippen LogP contribution in [0.4, 0.5) is 5.82 Å². The van der Waals surface area contributed by atoms with Gasteiger partial charge in [0.25, 0.3) is 0 Å². The molecule has 4 N–H and O–H groups in total. The first-order chi connectivity index (χ1) is 22.9. The highest BCUT2D eigenvalue weighted by Gasteiger charge is 2.25. The van der Waals surface area contributed by atoms with Crippen LogP contribution in [-0.2, 0) is 55.8 Å². The molecule has 0 spiro atoms. The molecule has 0 aliphatic carbocycles. The molecule has 0 fully saturated rings. The maximum atomic E-state index is 6.27. The average molecular weight is 668 g/mol. The summed E-state index contributed by atoms with van der Waals surface area (Å²) in [6, 6.07) is 7.96. The number of nitrogens with two attached hydrogens (primary N) is 2. The SMILES string of the molecule is CCOCc1nc2c(N)nc3ccccc3c2n1CC(C)(C)OCCOCCOCCOC.COCCOCCOCCOCCN. The molecule has 0 radical (unpaired) electrons. The van der Waals surface area contributed by atoms with Crippen LogP contribution < -0.4 is 11.5 Å². The molecule has 0 saturated carbocycles. The molecule has 14 heteroatoms. The summed E-state index contributed by atoms with van der Waals surface area (Å²) >= 11 is 0. The highest BCUT2D eigenvalue weighted by atomic mass is 16.6. The van der Waals surface area contributed by atoms with Crippen LogP contribution in [0, 0.1) is 0 Å². The van der Waals surface area contributed by atoms with Gasteiger partial charge in [-0.3, -0.25) is 0 Å². The molecule has 0 aliphatic rings. The fraction of sp³-hybridized carbons (Fsp3) is 0.697. The third-order valence-corrected chi connectivity index (χ3v) is 6.63. The zero-order chi connectivity index (χ0) is 34.2. The second-order valence-electron chi connectivity index (χ2n) is 10.9. The zero-order valence-corrected chi connectivity index (χ0v) is 29.0. The number of hydrogen-bond donors (Lipinski definition) is 2. The number of hydrogen-bond acceptors (Lipinski definition) is 13. The molecule has 2 heterocycles. The average Bonchev–Trinajstić information content (AvgIpc) is 3.42. The third-order valence-electron chi connectivity index (χ3n) is 6.63. The standard InChI is InChI=1S/C24H36N4O5.C9H21NO4/c1-5-30-16-20-27-21-22(18-8-6-7-9-19(18)26-23(21)25)28(20)17-24(2,3)33-15-14-32-13-12-31-11-10-29-4;1-11-4-5-13-8-9-14-7-6-12-3-2-10/h6-9H,5,10-17H2,1-4H3,(H2,25,26);2-10H2,1H3. The molecule has 0 bridgehead atoms. The van der Waals surface area contributed by atoms with Gasteiger partial charge in [-0.25, -0.2) is 9.97 Å². The molecule has 0 aliphatic heterocycles. The number of anilines is 1. The summed E-state index contributed by atoms with van der Waals surface area (Å²) in [7, 11) is 3.30. The first kappa shape index (κ1) is 40.7. The van der Waals surface area contributed by atoms with Gasteiger partial charge in [-0.1, -0.05) is 18.2 Å². The summed E-state index contributed by atoms with van der Waals surface area (Å²) in [5.41, 5.74) is 13.5. The van der Waals surface area contributed by atoms with E-state index in [0.717, 1.165) is 22.2 Å². The number of ether oxygens (including phenoxy) is 9. The summed E-state index contributed by atoms with van der Waals surface area (Å²) < 4.78 is 50.3. The number of aromatic nitrogens is 3. The number of nitrogens with zero attached hydrogens (tertiary/aromatic N) is 3. The Morgan fingerprint density at radius 1 is 0.702 bits per heavy atom. The van der Waals surface area contributed by atoms with E-state index >= 15 is 0 Å². The summed E-state index contributed by atoms with van der Waals surface area (Å²) in [5, 5.41) is 1.00. The van der Waals surface area contributed by atoms with Crippen LogP contribution >= 0.6 is 0 Å². The number of fused-ring (bicyclic) bond motifs is 3. The zero-order valence-electron chi connectivity index (χ0n) is 29.0. The van der Waals surface area contributed by atoms with Gasteiger partial charge in [0, 0.05) is 32.8 Å². The lowest BCUT2D eigenvalue weighted by Crippen LogP contribution is -2.32. The lowest BCUT2D eigenvalue weighted by molar-refractivity contribution is -0.0611. The summed E-state index contributed by atoms with van der Waals surface area (Å²) in [4.78, 5) is 9.32. The van der Waals surface area contributed by atoms with Crippen molar-refractivity contribution in [3.63, 3.8) is 0 Å². The van der Waals surface area contributed by atoms with Crippen LogP contribution in [-0.4, -0.2) is 133 Å². The van der Waals surface area contributed by atoms with Gasteiger partial charge in [0.2, 0.25) is 0 Å². The Balaban J connectivity index is 0.000000463. The summed E-state index contributed by atoms with van der Waals surface area (Å²) in [6.07, 6.45) is 0. The van der Waals surface area contributed by atoms with Crippen LogP contribution in [0.1, 0.15) is 26.6 Å². The summed E-state index contributed by atoms with van der Waals surface area (Å²) in [5.74, 6) is 1.22. The van der Waals surface area contributed by atoms with Gasteiger partial charge in [-0.15, -0.1) is 0 Å². The molecule has 3 aromatic rings. The number of nitrogen functional groups attached to an aromatic ring is 1. The Morgan fingerprint density at radius 3 is 1.79 bits per heavy atom. The maximum Gasteiger partial charge on any atom is 0.152 e. The molecule has 3 rings (SSSR count). The van der Waals surface area contributed by atoms with Crippen molar-refractivity contribution in [2.75, 3.05) is 119 Å². The van der Waals surface area contributed by atoms with E-state index in [2.05, 4.69) is 23.4 Å². The molecule has 1 aromatic carbocycles. The van der Waals surface area contributed by atoms with E-state index in [1.807, 2.05) is 31.2 Å². The van der Waals surface area contributed by atoms with Crippen molar-refractivity contribution in [2.24, 2.45) is 5.73 Å². The fourth-order valence-electron chi connectivity index (χ4n) is 4.41. The van der Waals surface area contributed by atoms with Crippen LogP contribution in [0.25, 0.3) is 21.9 Å². The number of imidazole rings is 1. The van der Waals surface area contributed by atoms with Crippen molar-refractivity contribution in [2.45, 2.75) is 39.5 Å². The van der Waals surface area contributed by atoms with Crippen molar-refractivity contribution >= 4 is 27.8 Å². The van der Waals surface area contributed by atoms with Crippen molar-refractivity contribution in [1.29, 1.82) is 0 Å². The molecule has 47 heavy (non-hydrogen) atoms. The molecule has 0 unspecified atom stereocenters. The Morgan fingerprint density at radius 2 is 1.23 bits per heavy atom. The van der Waals surface area contributed by atoms with Gasteiger partial charge in [0.15, 0.2) is 5.82 Å². The molecule has 0 saturated heterocycles. The first-order valence-electron chi connectivity index (χ1n) is 16.2. The molecule has 0 atom stereocenters. The molecule has 268 valence electrons. The predicted molar refractivity (Wildman–Crippen MR) is 182 cm³/mol. The Kier molecular flexibility index (Phi) is 21.3. The number of pyridine rings is 1. The fourth-order valence-corrected chi connectivity index (χ4v) is 4.41. The summed E-state index contributed by atoms with van der Waals surface area (Å²) in [6.45, 7) is 15.6. The van der Waals surface area contributed by atoms with Crippen LogP contribution in [0.15, 0.2) is 24.3 Å². The van der Waals surface area contributed by atoms with E-state index < -0.39 is 5.60 Å². The largest absolute Gasteiger partial charge is 0.382 e. The Bertz CT molecular complexity index is 1220. The van der Waals surface area contributed by atoms with E-state index in [0.29, 0.717) is 124 Å². The van der Waals surface area contributed by atoms with Gasteiger partial charge in [-0.2, -0.15) is 0 Å². The Labute approximate surface area is 279 Å². The van der Waals surface area contributed by atoms with Crippen molar-refractivity contribution < 1.29 is 42.6 Å². The van der Waals surface area contributed by atoms with Crippen LogP contribution in [0.5, 0.6) is 0 Å². The number of rotatable bonds is 26. The number of para-hydroxylation sites is 1. The van der Waals surface area contributed by atoms with Gasteiger partial charge >= 0.3 is 0 Å². The molecule has 14 nitrogen and oxygen atoms in total. The second-order valence-corrected chi connectivity index (χ2v) is 10.9. The Hall–Kier alpha value is -2.50. The minimum atomic E-state index is -0.466. The van der Waals surface area contributed by atoms with Crippen molar-refractivity contribution in [3.8, 4) is 0 Å². The predicted octanol–water partition coefficient (Wildman–Crippen LogP) is 2.82. The highest BCUT2D eigenvalue weighted by molar-refractivity contribution is 6.06. The minimum Gasteiger partial charge on any atom is -0.382 e.